The number of hydrogen-bond acceptors (Lipinski definition) is 10. The van der Waals surface area contributed by atoms with Crippen LogP contribution in [0.2, 0.25) is 0 Å². The topological polar surface area (TPSA) is 135 Å². The molecule has 2 heterocycles. The van der Waals surface area contributed by atoms with Crippen LogP contribution in [-0.2, 0) is 20.7 Å². The second-order valence-corrected chi connectivity index (χ2v) is 11.8. The van der Waals surface area contributed by atoms with Crippen molar-refractivity contribution in [1.29, 1.82) is 0 Å². The van der Waals surface area contributed by atoms with Crippen molar-refractivity contribution in [3.63, 3.8) is 0 Å². The van der Waals surface area contributed by atoms with Gasteiger partial charge in [0.15, 0.2) is 5.13 Å². The van der Waals surface area contributed by atoms with Gasteiger partial charge in [0.2, 0.25) is 11.9 Å². The van der Waals surface area contributed by atoms with E-state index >= 15 is 8.78 Å². The smallest absolute Gasteiger partial charge is 0.315 e. The number of ether oxygens (including phenoxy) is 1. The Morgan fingerprint density at radius 3 is 2.35 bits per heavy atom. The van der Waals surface area contributed by atoms with Crippen LogP contribution >= 0.6 is 11.3 Å². The van der Waals surface area contributed by atoms with Gasteiger partial charge in [0.05, 0.1) is 21.7 Å². The molecule has 10 nitrogen and oxygen atoms in total. The second-order valence-electron chi connectivity index (χ2n) is 9.06. The molecule has 0 saturated heterocycles. The molecule has 43 heavy (non-hydrogen) atoms. The predicted molar refractivity (Wildman–Crippen MR) is 156 cm³/mol. The number of alkyl halides is 2. The largest absolute Gasteiger partial charge is 0.494 e. The molecule has 0 unspecified atom stereocenters. The summed E-state index contributed by atoms with van der Waals surface area (Å²) in [5.74, 6) is -4.64. The molecule has 3 N–H and O–H groups in total. The minimum Gasteiger partial charge on any atom is -0.494 e. The van der Waals surface area contributed by atoms with Crippen molar-refractivity contribution in [1.82, 2.24) is 19.7 Å². The van der Waals surface area contributed by atoms with Crippen LogP contribution in [0.3, 0.4) is 0 Å². The Kier molecular flexibility index (Phi) is 8.19. The average molecular weight is 629 g/mol. The van der Waals surface area contributed by atoms with Crippen molar-refractivity contribution in [2.75, 3.05) is 17.2 Å². The number of thiazole rings is 1. The van der Waals surface area contributed by atoms with E-state index in [1.807, 2.05) is 17.7 Å². The Morgan fingerprint density at radius 1 is 0.953 bits per heavy atom. The number of sulfonamides is 1. The van der Waals surface area contributed by atoms with E-state index in [9.17, 15) is 17.6 Å². The number of halogens is 3. The van der Waals surface area contributed by atoms with Crippen molar-refractivity contribution in [2.24, 2.45) is 0 Å². The number of anilines is 4. The molecule has 5 rings (SSSR count). The van der Waals surface area contributed by atoms with E-state index in [-0.39, 0.29) is 22.3 Å². The number of nitrogens with zero attached hydrogens (tertiary/aromatic N) is 3. The van der Waals surface area contributed by atoms with Gasteiger partial charge in [-0.05, 0) is 73.7 Å². The van der Waals surface area contributed by atoms with E-state index in [2.05, 4.69) is 25.6 Å². The number of fused-ring (bicyclic) bond motifs is 1. The van der Waals surface area contributed by atoms with Gasteiger partial charge in [-0.15, -0.1) is 0 Å². The third kappa shape index (κ3) is 6.84. The van der Waals surface area contributed by atoms with E-state index in [1.54, 1.807) is 12.1 Å². The highest BCUT2D eigenvalue weighted by atomic mass is 32.2. The number of carbonyl (C=O) groups is 1. The lowest BCUT2D eigenvalue weighted by Crippen LogP contribution is -2.28. The summed E-state index contributed by atoms with van der Waals surface area (Å²) in [6.07, 6.45) is 0. The summed E-state index contributed by atoms with van der Waals surface area (Å²) >= 11 is 1.26. The molecule has 2 aromatic heterocycles. The van der Waals surface area contributed by atoms with E-state index in [1.165, 1.54) is 35.6 Å². The van der Waals surface area contributed by atoms with E-state index in [4.69, 9.17) is 4.74 Å². The fourth-order valence-corrected chi connectivity index (χ4v) is 5.85. The molecular formula is C28H23F3N6O4S2. The van der Waals surface area contributed by atoms with Crippen LogP contribution in [0, 0.1) is 5.82 Å². The van der Waals surface area contributed by atoms with Gasteiger partial charge in [-0.1, -0.05) is 11.3 Å². The fourth-order valence-electron chi connectivity index (χ4n) is 3.95. The summed E-state index contributed by atoms with van der Waals surface area (Å²) in [4.78, 5) is 23.8. The normalized spacial score (nSPS) is 11.7. The summed E-state index contributed by atoms with van der Waals surface area (Å²) in [6, 6.07) is 15.4. The number of carbonyl (C=O) groups excluding carboxylic acids is 1. The summed E-state index contributed by atoms with van der Waals surface area (Å²) in [7, 11) is -4.08. The molecule has 0 bridgehead atoms. The molecule has 15 heteroatoms. The first-order valence-corrected chi connectivity index (χ1v) is 15.0. The maximum atomic E-state index is 15.6. The second kappa shape index (κ2) is 11.9. The zero-order valence-corrected chi connectivity index (χ0v) is 24.2. The zero-order chi connectivity index (χ0) is 30.8. The van der Waals surface area contributed by atoms with Crippen LogP contribution in [0.4, 0.5) is 35.8 Å². The molecule has 5 aromatic rings. The maximum absolute atomic E-state index is 15.6. The summed E-state index contributed by atoms with van der Waals surface area (Å²) in [6.45, 7) is 3.43. The molecule has 3 aromatic carbocycles. The lowest BCUT2D eigenvalue weighted by molar-refractivity contribution is -0.117. The SMILES string of the molecule is CCOc1ccc2nc(Nc3cc(C(F)(F)c4ccc(F)cc4)nc(Nc4ccc(S(=O)(=O)NC(C)=O)cc4)n3)sc2c1. The number of amides is 1. The summed E-state index contributed by atoms with van der Waals surface area (Å²) < 4.78 is 77.4. The van der Waals surface area contributed by atoms with E-state index in [0.29, 0.717) is 23.0 Å². The maximum Gasteiger partial charge on any atom is 0.315 e. The predicted octanol–water partition coefficient (Wildman–Crippen LogP) is 6.08. The molecule has 0 spiro atoms. The molecule has 222 valence electrons. The quantitative estimate of drug-likeness (QED) is 0.168. The van der Waals surface area contributed by atoms with Crippen LogP contribution in [0.25, 0.3) is 10.2 Å². The average Bonchev–Trinajstić information content (AvgIpc) is 3.34. The Bertz CT molecular complexity index is 1900. The molecule has 0 aliphatic rings. The van der Waals surface area contributed by atoms with Crippen LogP contribution in [-0.4, -0.2) is 35.9 Å². The molecule has 1 amide bonds. The molecule has 0 aliphatic heterocycles. The number of aromatic nitrogens is 3. The van der Waals surface area contributed by atoms with Gasteiger partial charge in [-0.25, -0.2) is 27.5 Å². The van der Waals surface area contributed by atoms with Gasteiger partial charge in [0.25, 0.3) is 10.0 Å². The first-order chi connectivity index (χ1) is 20.4. The van der Waals surface area contributed by atoms with Crippen molar-refractivity contribution in [3.05, 3.63) is 89.9 Å². The minimum atomic E-state index is -4.08. The molecule has 0 saturated carbocycles. The van der Waals surface area contributed by atoms with Crippen LogP contribution in [0.5, 0.6) is 5.75 Å². The minimum absolute atomic E-state index is 0.0109. The highest BCUT2D eigenvalue weighted by Crippen LogP contribution is 2.37. The van der Waals surface area contributed by atoms with Crippen molar-refractivity contribution in [3.8, 4) is 5.75 Å². The van der Waals surface area contributed by atoms with Gasteiger partial charge >= 0.3 is 5.92 Å². The molecule has 0 aliphatic carbocycles. The lowest BCUT2D eigenvalue weighted by atomic mass is 10.1. The molecule has 0 atom stereocenters. The van der Waals surface area contributed by atoms with Gasteiger partial charge in [-0.2, -0.15) is 13.8 Å². The number of nitrogens with one attached hydrogen (secondary N) is 3. The third-order valence-electron chi connectivity index (χ3n) is 5.86. The first kappa shape index (κ1) is 29.7. The van der Waals surface area contributed by atoms with Crippen molar-refractivity contribution >= 4 is 60.1 Å². The van der Waals surface area contributed by atoms with Gasteiger partial charge in [-0.3, -0.25) is 4.79 Å². The van der Waals surface area contributed by atoms with Crippen LogP contribution in [0.1, 0.15) is 25.1 Å². The van der Waals surface area contributed by atoms with Crippen molar-refractivity contribution < 1.29 is 31.1 Å². The highest BCUT2D eigenvalue weighted by Gasteiger charge is 2.37. The Morgan fingerprint density at radius 2 is 1.67 bits per heavy atom. The third-order valence-corrected chi connectivity index (χ3v) is 8.24. The van der Waals surface area contributed by atoms with Crippen LogP contribution in [0.15, 0.2) is 77.7 Å². The Balaban J connectivity index is 1.50. The lowest BCUT2D eigenvalue weighted by Gasteiger charge is -2.18. The molecular weight excluding hydrogens is 605 g/mol. The number of hydrogen-bond donors (Lipinski definition) is 3. The first-order valence-electron chi connectivity index (χ1n) is 12.7. The van der Waals surface area contributed by atoms with E-state index < -0.39 is 38.9 Å². The van der Waals surface area contributed by atoms with E-state index in [0.717, 1.165) is 42.0 Å². The molecule has 0 fully saturated rings. The fraction of sp³-hybridized carbons (Fsp3) is 0.143. The molecule has 0 radical (unpaired) electrons. The Hall–Kier alpha value is -4.76. The van der Waals surface area contributed by atoms with Gasteiger partial charge in [0, 0.05) is 24.2 Å². The zero-order valence-electron chi connectivity index (χ0n) is 22.6. The number of benzene rings is 3. The summed E-state index contributed by atoms with van der Waals surface area (Å²) in [5, 5.41) is 6.13. The van der Waals surface area contributed by atoms with Gasteiger partial charge in [0.1, 0.15) is 23.1 Å². The van der Waals surface area contributed by atoms with Crippen LogP contribution < -0.4 is 20.1 Å². The monoisotopic (exact) mass is 628 g/mol. The summed E-state index contributed by atoms with van der Waals surface area (Å²) in [5.41, 5.74) is -0.239. The standard InChI is InChI=1S/C28H23F3N6O4S2/c1-3-41-20-10-13-22-23(14-20)42-27(33-22)36-25-15-24(28(30,31)17-4-6-18(29)7-5-17)34-26(35-25)32-19-8-11-21(12-9-19)43(39,40)37-16(2)38/h4-15H,3H2,1-2H3,(H,37,38)(H2,32,33,34,35,36). The highest BCUT2D eigenvalue weighted by molar-refractivity contribution is 7.90. The number of rotatable bonds is 10. The van der Waals surface area contributed by atoms with Crippen molar-refractivity contribution in [2.45, 2.75) is 24.7 Å². The van der Waals surface area contributed by atoms with Gasteiger partial charge < -0.3 is 15.4 Å². The Labute approximate surface area is 248 Å².